The minimum atomic E-state index is 0.512. The first-order chi connectivity index (χ1) is 6.81. The molecule has 3 heteroatoms. The van der Waals surface area contributed by atoms with Crippen molar-refractivity contribution in [3.8, 4) is 0 Å². The summed E-state index contributed by atoms with van der Waals surface area (Å²) in [5.41, 5.74) is 9.89. The van der Waals surface area contributed by atoms with E-state index < -0.39 is 0 Å². The van der Waals surface area contributed by atoms with E-state index in [1.807, 2.05) is 5.51 Å². The van der Waals surface area contributed by atoms with Crippen LogP contribution < -0.4 is 5.73 Å². The Morgan fingerprint density at radius 2 is 2.50 bits per heavy atom. The third-order valence-electron chi connectivity index (χ3n) is 2.53. The van der Waals surface area contributed by atoms with E-state index >= 15 is 0 Å². The zero-order valence-corrected chi connectivity index (χ0v) is 9.05. The Labute approximate surface area is 88.2 Å². The molecule has 2 rings (SSSR count). The van der Waals surface area contributed by atoms with Crippen LogP contribution in [-0.4, -0.2) is 11.5 Å². The standard InChI is InChI=1S/C11H14N2S/c1-8-11(14-7-13-8)10-4-2-9(6-12)3-5-10/h2-4,7,10H,5-6,12H2,1H3. The molecule has 1 aromatic rings. The van der Waals surface area contributed by atoms with E-state index in [1.54, 1.807) is 11.3 Å². The van der Waals surface area contributed by atoms with E-state index in [0.29, 0.717) is 12.5 Å². The number of nitrogens with two attached hydrogens (primary N) is 1. The first-order valence-electron chi connectivity index (χ1n) is 4.78. The molecule has 0 spiro atoms. The first-order valence-corrected chi connectivity index (χ1v) is 5.66. The molecule has 0 radical (unpaired) electrons. The Morgan fingerprint density at radius 1 is 1.64 bits per heavy atom. The second-order valence-electron chi connectivity index (χ2n) is 3.49. The van der Waals surface area contributed by atoms with Crippen LogP contribution in [0.3, 0.4) is 0 Å². The summed E-state index contributed by atoms with van der Waals surface area (Å²) < 4.78 is 0. The Kier molecular flexibility index (Phi) is 2.79. The highest BCUT2D eigenvalue weighted by molar-refractivity contribution is 7.09. The largest absolute Gasteiger partial charge is 0.327 e. The van der Waals surface area contributed by atoms with Crippen molar-refractivity contribution in [3.63, 3.8) is 0 Å². The summed E-state index contributed by atoms with van der Waals surface area (Å²) in [6.45, 7) is 2.72. The van der Waals surface area contributed by atoms with Crippen LogP contribution in [0.15, 0.2) is 29.3 Å². The Morgan fingerprint density at radius 3 is 3.00 bits per heavy atom. The molecule has 74 valence electrons. The van der Waals surface area contributed by atoms with Crippen molar-refractivity contribution < 1.29 is 0 Å². The van der Waals surface area contributed by atoms with Gasteiger partial charge in [0.15, 0.2) is 0 Å². The molecule has 0 amide bonds. The lowest BCUT2D eigenvalue weighted by Crippen LogP contribution is -2.05. The molecule has 1 unspecified atom stereocenters. The van der Waals surface area contributed by atoms with Gasteiger partial charge in [-0.15, -0.1) is 11.3 Å². The van der Waals surface area contributed by atoms with Crippen LogP contribution in [0.25, 0.3) is 0 Å². The van der Waals surface area contributed by atoms with Crippen LogP contribution in [-0.2, 0) is 0 Å². The maximum Gasteiger partial charge on any atom is 0.0797 e. The fraction of sp³-hybridized carbons (Fsp3) is 0.364. The molecule has 1 aliphatic carbocycles. The topological polar surface area (TPSA) is 38.9 Å². The average molecular weight is 206 g/mol. The van der Waals surface area contributed by atoms with Gasteiger partial charge in [0.25, 0.3) is 0 Å². The third kappa shape index (κ3) is 1.79. The van der Waals surface area contributed by atoms with Crippen molar-refractivity contribution in [3.05, 3.63) is 39.9 Å². The van der Waals surface area contributed by atoms with Gasteiger partial charge in [-0.2, -0.15) is 0 Å². The molecule has 0 saturated heterocycles. The van der Waals surface area contributed by atoms with Crippen molar-refractivity contribution in [2.45, 2.75) is 19.3 Å². The summed E-state index contributed by atoms with van der Waals surface area (Å²) in [5.74, 6) is 0.512. The van der Waals surface area contributed by atoms with E-state index in [2.05, 4.69) is 30.1 Å². The highest BCUT2D eigenvalue weighted by atomic mass is 32.1. The fourth-order valence-electron chi connectivity index (χ4n) is 1.68. The third-order valence-corrected chi connectivity index (χ3v) is 3.59. The van der Waals surface area contributed by atoms with Crippen molar-refractivity contribution >= 4 is 11.3 Å². The Balaban J connectivity index is 2.15. The molecule has 0 aliphatic heterocycles. The van der Waals surface area contributed by atoms with E-state index in [1.165, 1.54) is 10.5 Å². The van der Waals surface area contributed by atoms with Gasteiger partial charge >= 0.3 is 0 Å². The molecule has 1 atom stereocenters. The summed E-state index contributed by atoms with van der Waals surface area (Å²) in [6.07, 6.45) is 7.66. The summed E-state index contributed by atoms with van der Waals surface area (Å²) >= 11 is 1.74. The van der Waals surface area contributed by atoms with Crippen molar-refractivity contribution in [1.29, 1.82) is 0 Å². The SMILES string of the molecule is Cc1ncsc1C1C=CC(CN)=CC1. The lowest BCUT2D eigenvalue weighted by Gasteiger charge is -2.14. The number of hydrogen-bond acceptors (Lipinski definition) is 3. The zero-order valence-electron chi connectivity index (χ0n) is 8.23. The number of aromatic nitrogens is 1. The second kappa shape index (κ2) is 4.07. The average Bonchev–Trinajstić information content (AvgIpc) is 2.65. The summed E-state index contributed by atoms with van der Waals surface area (Å²) in [7, 11) is 0. The monoisotopic (exact) mass is 206 g/mol. The van der Waals surface area contributed by atoms with Gasteiger partial charge in [-0.3, -0.25) is 0 Å². The highest BCUT2D eigenvalue weighted by Gasteiger charge is 2.14. The number of aryl methyl sites for hydroxylation is 1. The van der Waals surface area contributed by atoms with Gasteiger partial charge in [-0.05, 0) is 18.9 Å². The molecule has 0 fully saturated rings. The maximum absolute atomic E-state index is 5.57. The zero-order chi connectivity index (χ0) is 9.97. The normalized spacial score (nSPS) is 21.0. The van der Waals surface area contributed by atoms with Gasteiger partial charge in [-0.1, -0.05) is 18.2 Å². The van der Waals surface area contributed by atoms with Crippen molar-refractivity contribution in [2.75, 3.05) is 6.54 Å². The number of thiazole rings is 1. The van der Waals surface area contributed by atoms with Gasteiger partial charge < -0.3 is 5.73 Å². The number of hydrogen-bond donors (Lipinski definition) is 1. The Bertz CT molecular complexity index is 376. The summed E-state index contributed by atoms with van der Waals surface area (Å²) in [6, 6.07) is 0. The maximum atomic E-state index is 5.57. The quantitative estimate of drug-likeness (QED) is 0.807. The van der Waals surface area contributed by atoms with Crippen LogP contribution in [0.2, 0.25) is 0 Å². The predicted octanol–water partition coefficient (Wildman–Crippen LogP) is 2.38. The molecule has 2 nitrogen and oxygen atoms in total. The Hall–Kier alpha value is -0.930. The van der Waals surface area contributed by atoms with Crippen LogP contribution in [0, 0.1) is 6.92 Å². The van der Waals surface area contributed by atoms with Crippen LogP contribution in [0.4, 0.5) is 0 Å². The van der Waals surface area contributed by atoms with Crippen LogP contribution >= 0.6 is 11.3 Å². The summed E-state index contributed by atoms with van der Waals surface area (Å²) in [4.78, 5) is 5.65. The summed E-state index contributed by atoms with van der Waals surface area (Å²) in [5, 5.41) is 0. The van der Waals surface area contributed by atoms with Gasteiger partial charge in [0.1, 0.15) is 0 Å². The smallest absolute Gasteiger partial charge is 0.0797 e. The van der Waals surface area contributed by atoms with Gasteiger partial charge in [-0.25, -0.2) is 4.98 Å². The predicted molar refractivity (Wildman–Crippen MR) is 60.5 cm³/mol. The molecular weight excluding hydrogens is 192 g/mol. The van der Waals surface area contributed by atoms with Crippen LogP contribution in [0.5, 0.6) is 0 Å². The first kappa shape index (κ1) is 9.62. The molecule has 0 saturated carbocycles. The number of allylic oxidation sites excluding steroid dienone is 2. The van der Waals surface area contributed by atoms with Crippen molar-refractivity contribution in [1.82, 2.24) is 4.98 Å². The van der Waals surface area contributed by atoms with Crippen molar-refractivity contribution in [2.24, 2.45) is 5.73 Å². The van der Waals surface area contributed by atoms with E-state index in [-0.39, 0.29) is 0 Å². The lowest BCUT2D eigenvalue weighted by molar-refractivity contribution is 0.845. The number of nitrogens with zero attached hydrogens (tertiary/aromatic N) is 1. The minimum absolute atomic E-state index is 0.512. The molecule has 1 aliphatic rings. The highest BCUT2D eigenvalue weighted by Crippen LogP contribution is 2.31. The second-order valence-corrected chi connectivity index (χ2v) is 4.37. The van der Waals surface area contributed by atoms with Crippen LogP contribution in [0.1, 0.15) is 22.9 Å². The molecule has 1 heterocycles. The molecule has 0 bridgehead atoms. The minimum Gasteiger partial charge on any atom is -0.327 e. The van der Waals surface area contributed by atoms with E-state index in [4.69, 9.17) is 5.73 Å². The van der Waals surface area contributed by atoms with E-state index in [9.17, 15) is 0 Å². The van der Waals surface area contributed by atoms with Gasteiger partial charge in [0, 0.05) is 17.3 Å². The molecule has 2 N–H and O–H groups in total. The molecule has 14 heavy (non-hydrogen) atoms. The fourth-order valence-corrected chi connectivity index (χ4v) is 2.57. The molecule has 1 aromatic heterocycles. The molecular formula is C11H14N2S. The van der Waals surface area contributed by atoms with Gasteiger partial charge in [0.2, 0.25) is 0 Å². The van der Waals surface area contributed by atoms with Gasteiger partial charge in [0.05, 0.1) is 11.2 Å². The van der Waals surface area contributed by atoms with E-state index in [0.717, 1.165) is 12.1 Å². The number of rotatable bonds is 2. The lowest BCUT2D eigenvalue weighted by atomic mass is 9.95. The molecule has 0 aromatic carbocycles.